The first kappa shape index (κ1) is 13.1. The van der Waals surface area contributed by atoms with E-state index in [1.54, 1.807) is 12.3 Å². The Morgan fingerprint density at radius 2 is 2.05 bits per heavy atom. The summed E-state index contributed by atoms with van der Waals surface area (Å²) in [4.78, 5) is 16.2. The molecule has 0 unspecified atom stereocenters. The molecule has 2 aromatic rings. The molecule has 0 aliphatic heterocycles. The van der Waals surface area contributed by atoms with Crippen molar-refractivity contribution in [2.75, 3.05) is 5.32 Å². The van der Waals surface area contributed by atoms with Gasteiger partial charge < -0.3 is 5.32 Å². The Morgan fingerprint density at radius 3 is 2.90 bits per heavy atom. The van der Waals surface area contributed by atoms with Crippen LogP contribution in [0.1, 0.15) is 34.3 Å². The minimum absolute atomic E-state index is 0.184. The molecule has 0 fully saturated rings. The number of carbonyl (C=O) groups excluding carboxylic acids is 1. The summed E-state index contributed by atoms with van der Waals surface area (Å²) >= 11 is 6.01. The summed E-state index contributed by atoms with van der Waals surface area (Å²) in [5, 5.41) is 3.35. The van der Waals surface area contributed by atoms with Gasteiger partial charge >= 0.3 is 0 Å². The zero-order valence-corrected chi connectivity index (χ0v) is 11.8. The van der Waals surface area contributed by atoms with E-state index in [0.717, 1.165) is 18.5 Å². The number of nitrogens with zero attached hydrogens (tertiary/aromatic N) is 1. The van der Waals surface area contributed by atoms with Crippen molar-refractivity contribution >= 4 is 23.2 Å². The third-order valence-electron chi connectivity index (χ3n) is 3.66. The maximum atomic E-state index is 12.3. The molecule has 3 rings (SSSR count). The summed E-state index contributed by atoms with van der Waals surface area (Å²) in [7, 11) is 0. The highest BCUT2D eigenvalue weighted by Gasteiger charge is 2.16. The van der Waals surface area contributed by atoms with Crippen molar-refractivity contribution in [3.8, 4) is 0 Å². The summed E-state index contributed by atoms with van der Waals surface area (Å²) in [6.07, 6.45) is 7.57. The van der Waals surface area contributed by atoms with Crippen molar-refractivity contribution in [1.82, 2.24) is 4.98 Å². The minimum atomic E-state index is -0.184. The summed E-state index contributed by atoms with van der Waals surface area (Å²) in [6.45, 7) is 0. The highest BCUT2D eigenvalue weighted by molar-refractivity contribution is 6.34. The number of aryl methyl sites for hydroxylation is 1. The maximum Gasteiger partial charge on any atom is 0.257 e. The second-order valence-electron chi connectivity index (χ2n) is 4.96. The Hall–Kier alpha value is -1.87. The molecular formula is C16H15ClN2O. The smallest absolute Gasteiger partial charge is 0.257 e. The molecule has 4 heteroatoms. The molecule has 1 aliphatic rings. The first-order valence-electron chi connectivity index (χ1n) is 6.77. The van der Waals surface area contributed by atoms with Gasteiger partial charge in [0.2, 0.25) is 0 Å². The molecular weight excluding hydrogens is 272 g/mol. The first-order valence-corrected chi connectivity index (χ1v) is 7.15. The van der Waals surface area contributed by atoms with E-state index < -0.39 is 0 Å². The van der Waals surface area contributed by atoms with Crippen LogP contribution in [0.2, 0.25) is 5.02 Å². The molecule has 0 saturated heterocycles. The van der Waals surface area contributed by atoms with Gasteiger partial charge in [0.25, 0.3) is 5.91 Å². The van der Waals surface area contributed by atoms with E-state index in [0.29, 0.717) is 10.6 Å². The number of nitrogens with one attached hydrogen (secondary N) is 1. The van der Waals surface area contributed by atoms with Crippen LogP contribution in [0.5, 0.6) is 0 Å². The molecule has 0 spiro atoms. The number of benzene rings is 1. The van der Waals surface area contributed by atoms with Crippen LogP contribution >= 0.6 is 11.6 Å². The highest BCUT2D eigenvalue weighted by Crippen LogP contribution is 2.28. The number of halogens is 1. The van der Waals surface area contributed by atoms with Crippen LogP contribution in [-0.2, 0) is 12.8 Å². The standard InChI is InChI=1S/C16H15ClN2O/c17-14-10-18-9-8-13(14)16(20)19-15-7-3-5-11-4-1-2-6-12(11)15/h3,5,7-10H,1-2,4,6H2,(H,19,20). The van der Waals surface area contributed by atoms with Crippen molar-refractivity contribution in [2.45, 2.75) is 25.7 Å². The first-order chi connectivity index (χ1) is 9.75. The summed E-state index contributed by atoms with van der Waals surface area (Å²) in [5.41, 5.74) is 3.96. The van der Waals surface area contributed by atoms with E-state index in [4.69, 9.17) is 11.6 Å². The van der Waals surface area contributed by atoms with Crippen LogP contribution in [0.25, 0.3) is 0 Å². The third-order valence-corrected chi connectivity index (χ3v) is 3.96. The number of carbonyl (C=O) groups is 1. The fourth-order valence-electron chi connectivity index (χ4n) is 2.65. The number of rotatable bonds is 2. The average molecular weight is 287 g/mol. The van der Waals surface area contributed by atoms with E-state index in [2.05, 4.69) is 16.4 Å². The molecule has 102 valence electrons. The predicted molar refractivity (Wildman–Crippen MR) is 80.3 cm³/mol. The zero-order valence-electron chi connectivity index (χ0n) is 11.0. The lowest BCUT2D eigenvalue weighted by atomic mass is 9.90. The fraction of sp³-hybridized carbons (Fsp3) is 0.250. The van der Waals surface area contributed by atoms with Gasteiger partial charge in [0.1, 0.15) is 0 Å². The summed E-state index contributed by atoms with van der Waals surface area (Å²) in [6, 6.07) is 7.72. The van der Waals surface area contributed by atoms with Crippen LogP contribution in [-0.4, -0.2) is 10.9 Å². The van der Waals surface area contributed by atoms with Gasteiger partial charge in [-0.25, -0.2) is 0 Å². The van der Waals surface area contributed by atoms with Gasteiger partial charge in [-0.2, -0.15) is 0 Å². The molecule has 3 nitrogen and oxygen atoms in total. The van der Waals surface area contributed by atoms with Crippen LogP contribution < -0.4 is 5.32 Å². The van der Waals surface area contributed by atoms with E-state index in [1.807, 2.05) is 12.1 Å². The Balaban J connectivity index is 1.89. The Morgan fingerprint density at radius 1 is 1.20 bits per heavy atom. The van der Waals surface area contributed by atoms with Crippen LogP contribution in [0.3, 0.4) is 0 Å². The molecule has 1 heterocycles. The fourth-order valence-corrected chi connectivity index (χ4v) is 2.85. The van der Waals surface area contributed by atoms with E-state index in [1.165, 1.54) is 30.2 Å². The number of anilines is 1. The van der Waals surface area contributed by atoms with E-state index >= 15 is 0 Å². The topological polar surface area (TPSA) is 42.0 Å². The van der Waals surface area contributed by atoms with Crippen LogP contribution in [0.4, 0.5) is 5.69 Å². The monoisotopic (exact) mass is 286 g/mol. The molecule has 1 N–H and O–H groups in total. The van der Waals surface area contributed by atoms with Gasteiger partial charge in [0, 0.05) is 18.1 Å². The van der Waals surface area contributed by atoms with Gasteiger partial charge in [-0.1, -0.05) is 23.7 Å². The molecule has 0 saturated carbocycles. The molecule has 0 bridgehead atoms. The lowest BCUT2D eigenvalue weighted by Crippen LogP contribution is -2.15. The average Bonchev–Trinajstić information content (AvgIpc) is 2.48. The SMILES string of the molecule is O=C(Nc1cccc2c1CCCC2)c1ccncc1Cl. The number of hydrogen-bond donors (Lipinski definition) is 1. The lowest BCUT2D eigenvalue weighted by molar-refractivity contribution is 0.102. The van der Waals surface area contributed by atoms with Crippen molar-refractivity contribution < 1.29 is 4.79 Å². The number of fused-ring (bicyclic) bond motifs is 1. The molecule has 1 aliphatic carbocycles. The molecule has 0 atom stereocenters. The zero-order chi connectivity index (χ0) is 13.9. The molecule has 0 radical (unpaired) electrons. The van der Waals surface area contributed by atoms with Crippen molar-refractivity contribution in [2.24, 2.45) is 0 Å². The van der Waals surface area contributed by atoms with Crippen LogP contribution in [0.15, 0.2) is 36.7 Å². The largest absolute Gasteiger partial charge is 0.322 e. The predicted octanol–water partition coefficient (Wildman–Crippen LogP) is 3.87. The maximum absolute atomic E-state index is 12.3. The highest BCUT2D eigenvalue weighted by atomic mass is 35.5. The normalized spacial score (nSPS) is 13.7. The Bertz CT molecular complexity index is 655. The molecule has 1 amide bonds. The number of hydrogen-bond acceptors (Lipinski definition) is 2. The molecule has 1 aromatic carbocycles. The molecule has 20 heavy (non-hydrogen) atoms. The van der Waals surface area contributed by atoms with Gasteiger partial charge in [-0.15, -0.1) is 0 Å². The quantitative estimate of drug-likeness (QED) is 0.911. The van der Waals surface area contributed by atoms with E-state index in [9.17, 15) is 4.79 Å². The van der Waals surface area contributed by atoms with Gasteiger partial charge in [-0.05, 0) is 48.9 Å². The van der Waals surface area contributed by atoms with Crippen molar-refractivity contribution in [3.05, 3.63) is 58.4 Å². The number of amides is 1. The van der Waals surface area contributed by atoms with E-state index in [-0.39, 0.29) is 5.91 Å². The second kappa shape index (κ2) is 5.63. The van der Waals surface area contributed by atoms with Gasteiger partial charge in [0.05, 0.1) is 10.6 Å². The molecule has 1 aromatic heterocycles. The van der Waals surface area contributed by atoms with Gasteiger partial charge in [0.15, 0.2) is 0 Å². The lowest BCUT2D eigenvalue weighted by Gasteiger charge is -2.19. The summed E-state index contributed by atoms with van der Waals surface area (Å²) in [5.74, 6) is -0.184. The Labute approximate surface area is 123 Å². The number of pyridine rings is 1. The number of aromatic nitrogens is 1. The van der Waals surface area contributed by atoms with Gasteiger partial charge in [-0.3, -0.25) is 9.78 Å². The third kappa shape index (κ3) is 2.54. The van der Waals surface area contributed by atoms with Crippen LogP contribution in [0, 0.1) is 0 Å². The second-order valence-corrected chi connectivity index (χ2v) is 5.37. The van der Waals surface area contributed by atoms with Crippen molar-refractivity contribution in [3.63, 3.8) is 0 Å². The Kier molecular flexibility index (Phi) is 3.70. The minimum Gasteiger partial charge on any atom is -0.322 e. The summed E-state index contributed by atoms with van der Waals surface area (Å²) < 4.78 is 0. The van der Waals surface area contributed by atoms with Crippen molar-refractivity contribution in [1.29, 1.82) is 0 Å².